The van der Waals surface area contributed by atoms with Crippen LogP contribution in [-0.4, -0.2) is 20.4 Å². The summed E-state index contributed by atoms with van der Waals surface area (Å²) in [6, 6.07) is 6.76. The molecule has 0 bridgehead atoms. The number of hydrogen-bond acceptors (Lipinski definition) is 5. The van der Waals surface area contributed by atoms with Gasteiger partial charge >= 0.3 is 6.18 Å². The van der Waals surface area contributed by atoms with Crippen molar-refractivity contribution in [2.45, 2.75) is 37.8 Å². The van der Waals surface area contributed by atoms with E-state index >= 15 is 0 Å². The first-order valence-corrected chi connectivity index (χ1v) is 8.47. The van der Waals surface area contributed by atoms with Crippen molar-refractivity contribution < 1.29 is 17.6 Å². The SMILES string of the molecule is N#Cc1n[nH]nc1-c1nc(-c2cccc(C(F)(F)F)c2)oc1C1CCCC1. The average molecular weight is 373 g/mol. The third-order valence-electron chi connectivity index (χ3n) is 4.69. The normalized spacial score (nSPS) is 15.2. The number of nitriles is 1. The molecule has 0 saturated heterocycles. The van der Waals surface area contributed by atoms with E-state index in [0.717, 1.165) is 37.8 Å². The summed E-state index contributed by atoms with van der Waals surface area (Å²) in [5, 5.41) is 19.4. The van der Waals surface area contributed by atoms with Crippen LogP contribution in [0.2, 0.25) is 0 Å². The van der Waals surface area contributed by atoms with E-state index < -0.39 is 11.7 Å². The van der Waals surface area contributed by atoms with E-state index in [1.807, 2.05) is 6.07 Å². The van der Waals surface area contributed by atoms with Crippen LogP contribution >= 0.6 is 0 Å². The van der Waals surface area contributed by atoms with Crippen molar-refractivity contribution in [2.24, 2.45) is 0 Å². The molecule has 3 aromatic rings. The molecule has 2 heterocycles. The van der Waals surface area contributed by atoms with E-state index in [0.29, 0.717) is 11.5 Å². The second-order valence-electron chi connectivity index (χ2n) is 6.42. The average Bonchev–Trinajstić information content (AvgIpc) is 3.39. The smallest absolute Gasteiger partial charge is 0.416 e. The van der Waals surface area contributed by atoms with Gasteiger partial charge in [-0.2, -0.15) is 28.7 Å². The Morgan fingerprint density at radius 2 is 1.93 bits per heavy atom. The number of hydrogen-bond donors (Lipinski definition) is 1. The van der Waals surface area contributed by atoms with Crippen LogP contribution in [0, 0.1) is 11.3 Å². The highest BCUT2D eigenvalue weighted by Gasteiger charge is 2.32. The quantitative estimate of drug-likeness (QED) is 0.720. The van der Waals surface area contributed by atoms with Gasteiger partial charge in [0.15, 0.2) is 11.4 Å². The van der Waals surface area contributed by atoms with Crippen molar-refractivity contribution in [1.82, 2.24) is 20.4 Å². The van der Waals surface area contributed by atoms with Crippen LogP contribution in [0.25, 0.3) is 22.8 Å². The molecule has 1 fully saturated rings. The maximum absolute atomic E-state index is 13.0. The highest BCUT2D eigenvalue weighted by Crippen LogP contribution is 2.41. The van der Waals surface area contributed by atoms with Gasteiger partial charge in [-0.1, -0.05) is 18.9 Å². The van der Waals surface area contributed by atoms with Crippen molar-refractivity contribution in [3.8, 4) is 28.9 Å². The molecule has 1 aliphatic rings. The molecular formula is C18H14F3N5O. The predicted octanol–water partition coefficient (Wildman–Crippen LogP) is 4.67. The molecule has 4 rings (SSSR count). The fourth-order valence-corrected chi connectivity index (χ4v) is 3.39. The van der Waals surface area contributed by atoms with Crippen LogP contribution in [0.4, 0.5) is 13.2 Å². The summed E-state index contributed by atoms with van der Waals surface area (Å²) in [6.45, 7) is 0. The van der Waals surface area contributed by atoms with Gasteiger partial charge in [0.1, 0.15) is 17.5 Å². The predicted molar refractivity (Wildman–Crippen MR) is 88.2 cm³/mol. The molecule has 0 unspecified atom stereocenters. The van der Waals surface area contributed by atoms with Gasteiger partial charge in [-0.3, -0.25) is 0 Å². The van der Waals surface area contributed by atoms with Gasteiger partial charge in [0.2, 0.25) is 5.89 Å². The molecule has 2 aromatic heterocycles. The molecule has 0 aliphatic heterocycles. The number of halogens is 3. The van der Waals surface area contributed by atoms with E-state index in [4.69, 9.17) is 4.42 Å². The first-order valence-electron chi connectivity index (χ1n) is 8.47. The van der Waals surface area contributed by atoms with E-state index in [1.165, 1.54) is 12.1 Å². The molecule has 0 radical (unpaired) electrons. The lowest BCUT2D eigenvalue weighted by Gasteiger charge is -2.07. The lowest BCUT2D eigenvalue weighted by atomic mass is 10.0. The van der Waals surface area contributed by atoms with Crippen molar-refractivity contribution in [2.75, 3.05) is 0 Å². The molecule has 9 heteroatoms. The lowest BCUT2D eigenvalue weighted by Crippen LogP contribution is -2.04. The molecule has 138 valence electrons. The Morgan fingerprint density at radius 1 is 1.15 bits per heavy atom. The van der Waals surface area contributed by atoms with Crippen LogP contribution in [0.15, 0.2) is 28.7 Å². The fraction of sp³-hybridized carbons (Fsp3) is 0.333. The first kappa shape index (κ1) is 17.3. The minimum atomic E-state index is -4.46. The zero-order chi connectivity index (χ0) is 19.0. The number of alkyl halides is 3. The summed E-state index contributed by atoms with van der Waals surface area (Å²) < 4.78 is 45.0. The third kappa shape index (κ3) is 3.18. The largest absolute Gasteiger partial charge is 0.440 e. The molecule has 1 aliphatic carbocycles. The highest BCUT2D eigenvalue weighted by molar-refractivity contribution is 5.67. The number of nitrogens with one attached hydrogen (secondary N) is 1. The molecule has 0 spiro atoms. The number of aromatic nitrogens is 4. The second-order valence-corrected chi connectivity index (χ2v) is 6.42. The zero-order valence-electron chi connectivity index (χ0n) is 14.0. The van der Waals surface area contributed by atoms with Gasteiger partial charge < -0.3 is 4.42 Å². The van der Waals surface area contributed by atoms with Gasteiger partial charge in [0, 0.05) is 11.5 Å². The van der Waals surface area contributed by atoms with Crippen molar-refractivity contribution in [1.29, 1.82) is 5.26 Å². The summed E-state index contributed by atoms with van der Waals surface area (Å²) in [7, 11) is 0. The van der Waals surface area contributed by atoms with Crippen LogP contribution in [-0.2, 0) is 6.18 Å². The number of rotatable bonds is 3. The maximum atomic E-state index is 13.0. The van der Waals surface area contributed by atoms with Crippen LogP contribution in [0.3, 0.4) is 0 Å². The van der Waals surface area contributed by atoms with E-state index in [-0.39, 0.29) is 28.8 Å². The molecule has 0 amide bonds. The van der Waals surface area contributed by atoms with E-state index in [2.05, 4.69) is 20.4 Å². The minimum Gasteiger partial charge on any atom is -0.440 e. The van der Waals surface area contributed by atoms with Crippen LogP contribution in [0.1, 0.15) is 48.6 Å². The molecule has 1 saturated carbocycles. The fourth-order valence-electron chi connectivity index (χ4n) is 3.39. The summed E-state index contributed by atoms with van der Waals surface area (Å²) in [5.41, 5.74) is 0.123. The van der Waals surface area contributed by atoms with Crippen molar-refractivity contribution in [3.63, 3.8) is 0 Å². The molecule has 0 atom stereocenters. The Balaban J connectivity index is 1.84. The summed E-state index contributed by atoms with van der Waals surface area (Å²) in [5.74, 6) is 0.713. The van der Waals surface area contributed by atoms with Crippen molar-refractivity contribution >= 4 is 0 Å². The Labute approximate surface area is 152 Å². The van der Waals surface area contributed by atoms with E-state index in [1.54, 1.807) is 0 Å². The minimum absolute atomic E-state index is 0.0677. The molecule has 1 aromatic carbocycles. The Bertz CT molecular complexity index is 1010. The highest BCUT2D eigenvalue weighted by atomic mass is 19.4. The number of nitrogens with zero attached hydrogens (tertiary/aromatic N) is 4. The number of oxazole rings is 1. The van der Waals surface area contributed by atoms with E-state index in [9.17, 15) is 18.4 Å². The van der Waals surface area contributed by atoms with Gasteiger partial charge in [-0.05, 0) is 31.0 Å². The zero-order valence-corrected chi connectivity index (χ0v) is 14.0. The first-order chi connectivity index (χ1) is 13.0. The Kier molecular flexibility index (Phi) is 4.18. The topological polar surface area (TPSA) is 91.4 Å². The van der Waals surface area contributed by atoms with Gasteiger partial charge in [-0.25, -0.2) is 4.98 Å². The standard InChI is InChI=1S/C18H14F3N5O/c19-18(20,21)12-7-3-6-11(8-12)17-23-15(14-13(9-22)24-26-25-14)16(27-17)10-4-1-2-5-10/h3,6-8,10H,1-2,4-5H2,(H,24,25,26). The number of H-pyrrole nitrogens is 1. The van der Waals surface area contributed by atoms with Crippen LogP contribution < -0.4 is 0 Å². The van der Waals surface area contributed by atoms with Crippen LogP contribution in [0.5, 0.6) is 0 Å². The Morgan fingerprint density at radius 3 is 2.63 bits per heavy atom. The Hall–Kier alpha value is -3.15. The lowest BCUT2D eigenvalue weighted by molar-refractivity contribution is -0.137. The monoisotopic (exact) mass is 373 g/mol. The molecular weight excluding hydrogens is 359 g/mol. The van der Waals surface area contributed by atoms with Crippen molar-refractivity contribution in [3.05, 3.63) is 41.3 Å². The molecule has 6 nitrogen and oxygen atoms in total. The molecule has 1 N–H and O–H groups in total. The summed E-state index contributed by atoms with van der Waals surface area (Å²) in [6.07, 6.45) is -0.602. The maximum Gasteiger partial charge on any atom is 0.416 e. The molecule has 27 heavy (non-hydrogen) atoms. The van der Waals surface area contributed by atoms with Gasteiger partial charge in [0.05, 0.1) is 5.56 Å². The second kappa shape index (κ2) is 6.54. The number of benzene rings is 1. The van der Waals surface area contributed by atoms with Gasteiger partial charge in [0.25, 0.3) is 0 Å². The summed E-state index contributed by atoms with van der Waals surface area (Å²) in [4.78, 5) is 4.39. The number of aromatic amines is 1. The van der Waals surface area contributed by atoms with Gasteiger partial charge in [-0.15, -0.1) is 5.10 Å². The summed E-state index contributed by atoms with van der Waals surface area (Å²) >= 11 is 0. The third-order valence-corrected chi connectivity index (χ3v) is 4.69.